The highest BCUT2D eigenvalue weighted by Gasteiger charge is 2.28. The maximum absolute atomic E-state index is 12.8. The minimum atomic E-state index is -0.0316. The summed E-state index contributed by atoms with van der Waals surface area (Å²) >= 11 is 0. The van der Waals surface area contributed by atoms with Crippen molar-refractivity contribution in [2.45, 2.75) is 31.7 Å². The number of amides is 1. The zero-order valence-corrected chi connectivity index (χ0v) is 11.4. The number of carbonyl (C=O) groups is 1. The molecule has 1 N–H and O–H groups in total. The molecule has 0 saturated heterocycles. The lowest BCUT2D eigenvalue weighted by Gasteiger charge is -2.28. The molecule has 2 aromatic rings. The molecule has 1 saturated carbocycles. The van der Waals surface area contributed by atoms with Gasteiger partial charge in [0.25, 0.3) is 5.91 Å². The largest absolute Gasteiger partial charge is 0.463 e. The van der Waals surface area contributed by atoms with E-state index < -0.39 is 0 Å². The van der Waals surface area contributed by atoms with Gasteiger partial charge in [-0.25, -0.2) is 0 Å². The summed E-state index contributed by atoms with van der Waals surface area (Å²) in [5.74, 6) is -0.0316. The van der Waals surface area contributed by atoms with E-state index in [-0.39, 0.29) is 18.6 Å². The standard InChI is InChI=1S/C16H19NO3/c18-10-9-17(12-5-1-2-6-12)16(19)14-11-20-15-8-4-3-7-13(14)15/h3-4,7-8,11-12,18H,1-2,5-6,9-10H2. The zero-order valence-electron chi connectivity index (χ0n) is 11.4. The molecule has 0 radical (unpaired) electrons. The van der Waals surface area contributed by atoms with E-state index >= 15 is 0 Å². The van der Waals surface area contributed by atoms with Crippen LogP contribution in [0.25, 0.3) is 11.0 Å². The van der Waals surface area contributed by atoms with E-state index in [4.69, 9.17) is 4.42 Å². The molecule has 1 aromatic heterocycles. The van der Waals surface area contributed by atoms with Crippen molar-refractivity contribution in [2.75, 3.05) is 13.2 Å². The Morgan fingerprint density at radius 2 is 2.05 bits per heavy atom. The molecule has 1 aromatic carbocycles. The second kappa shape index (κ2) is 5.67. The molecule has 1 aliphatic carbocycles. The lowest BCUT2D eigenvalue weighted by atomic mass is 10.1. The highest BCUT2D eigenvalue weighted by Crippen LogP contribution is 2.27. The summed E-state index contributed by atoms with van der Waals surface area (Å²) in [4.78, 5) is 14.6. The topological polar surface area (TPSA) is 53.7 Å². The third kappa shape index (κ3) is 2.31. The Balaban J connectivity index is 1.92. The Bertz CT molecular complexity index is 599. The molecule has 0 unspecified atom stereocenters. The van der Waals surface area contributed by atoms with Gasteiger partial charge in [0.15, 0.2) is 0 Å². The molecular formula is C16H19NO3. The minimum absolute atomic E-state index is 0.00196. The summed E-state index contributed by atoms with van der Waals surface area (Å²) < 4.78 is 5.45. The van der Waals surface area contributed by atoms with Crippen molar-refractivity contribution in [1.29, 1.82) is 0 Å². The van der Waals surface area contributed by atoms with Gasteiger partial charge in [0.1, 0.15) is 11.8 Å². The van der Waals surface area contributed by atoms with E-state index in [1.807, 2.05) is 29.2 Å². The number of furan rings is 1. The molecule has 106 valence electrons. The van der Waals surface area contributed by atoms with Crippen molar-refractivity contribution < 1.29 is 14.3 Å². The summed E-state index contributed by atoms with van der Waals surface area (Å²) in [5.41, 5.74) is 1.33. The van der Waals surface area contributed by atoms with E-state index in [2.05, 4.69) is 0 Å². The molecular weight excluding hydrogens is 254 g/mol. The highest BCUT2D eigenvalue weighted by atomic mass is 16.3. The van der Waals surface area contributed by atoms with Crippen LogP contribution < -0.4 is 0 Å². The van der Waals surface area contributed by atoms with E-state index in [0.717, 1.165) is 36.7 Å². The van der Waals surface area contributed by atoms with Crippen molar-refractivity contribution in [3.63, 3.8) is 0 Å². The third-order valence-corrected chi connectivity index (χ3v) is 4.08. The molecule has 3 rings (SSSR count). The van der Waals surface area contributed by atoms with Gasteiger partial charge >= 0.3 is 0 Å². The summed E-state index contributed by atoms with van der Waals surface area (Å²) in [6, 6.07) is 7.81. The number of hydrogen-bond acceptors (Lipinski definition) is 3. The Kier molecular flexibility index (Phi) is 3.74. The van der Waals surface area contributed by atoms with E-state index in [0.29, 0.717) is 12.1 Å². The molecule has 1 heterocycles. The molecule has 1 amide bonds. The average Bonchev–Trinajstić information content (AvgIpc) is 3.13. The van der Waals surface area contributed by atoms with Crippen molar-refractivity contribution in [3.05, 3.63) is 36.1 Å². The van der Waals surface area contributed by atoms with Crippen LogP contribution in [-0.2, 0) is 0 Å². The van der Waals surface area contributed by atoms with Gasteiger partial charge in [0.2, 0.25) is 0 Å². The second-order valence-corrected chi connectivity index (χ2v) is 5.31. The van der Waals surface area contributed by atoms with Crippen molar-refractivity contribution in [1.82, 2.24) is 4.90 Å². The molecule has 1 aliphatic rings. The summed E-state index contributed by atoms with van der Waals surface area (Å²) in [6.07, 6.45) is 5.91. The van der Waals surface area contributed by atoms with Crippen LogP contribution in [0.15, 0.2) is 34.9 Å². The molecule has 4 heteroatoms. The van der Waals surface area contributed by atoms with Gasteiger partial charge in [-0.15, -0.1) is 0 Å². The lowest BCUT2D eigenvalue weighted by Crippen LogP contribution is -2.40. The third-order valence-electron chi connectivity index (χ3n) is 4.08. The van der Waals surface area contributed by atoms with Gasteiger partial charge in [-0.3, -0.25) is 4.79 Å². The minimum Gasteiger partial charge on any atom is -0.463 e. The molecule has 4 nitrogen and oxygen atoms in total. The zero-order chi connectivity index (χ0) is 13.9. The smallest absolute Gasteiger partial charge is 0.258 e. The first kappa shape index (κ1) is 13.2. The SMILES string of the molecule is O=C(c1coc2ccccc12)N(CCO)C1CCCC1. The fraction of sp³-hybridized carbons (Fsp3) is 0.438. The Morgan fingerprint density at radius 1 is 1.30 bits per heavy atom. The van der Waals surface area contributed by atoms with Crippen molar-refractivity contribution >= 4 is 16.9 Å². The first-order valence-electron chi connectivity index (χ1n) is 7.19. The monoisotopic (exact) mass is 273 g/mol. The van der Waals surface area contributed by atoms with Crippen LogP contribution in [0.2, 0.25) is 0 Å². The predicted octanol–water partition coefficient (Wildman–Crippen LogP) is 2.81. The van der Waals surface area contributed by atoms with Gasteiger partial charge in [-0.05, 0) is 18.9 Å². The Hall–Kier alpha value is -1.81. The number of aliphatic hydroxyl groups excluding tert-OH is 1. The quantitative estimate of drug-likeness (QED) is 0.932. The molecule has 0 aliphatic heterocycles. The van der Waals surface area contributed by atoms with Gasteiger partial charge in [-0.1, -0.05) is 31.0 Å². The molecule has 1 fully saturated rings. The number of para-hydroxylation sites is 1. The number of hydrogen-bond donors (Lipinski definition) is 1. The number of aliphatic hydroxyl groups is 1. The molecule has 0 bridgehead atoms. The van der Waals surface area contributed by atoms with E-state index in [9.17, 15) is 9.90 Å². The molecule has 0 atom stereocenters. The van der Waals surface area contributed by atoms with Crippen LogP contribution in [0.3, 0.4) is 0 Å². The second-order valence-electron chi connectivity index (χ2n) is 5.31. The number of nitrogens with zero attached hydrogens (tertiary/aromatic N) is 1. The molecule has 20 heavy (non-hydrogen) atoms. The van der Waals surface area contributed by atoms with Crippen LogP contribution in [0.4, 0.5) is 0 Å². The first-order chi connectivity index (χ1) is 9.81. The summed E-state index contributed by atoms with van der Waals surface area (Å²) in [6.45, 7) is 0.390. The molecule has 0 spiro atoms. The van der Waals surface area contributed by atoms with Crippen LogP contribution >= 0.6 is 0 Å². The fourth-order valence-corrected chi connectivity index (χ4v) is 3.07. The fourth-order valence-electron chi connectivity index (χ4n) is 3.07. The van der Waals surface area contributed by atoms with Crippen molar-refractivity contribution in [3.8, 4) is 0 Å². The van der Waals surface area contributed by atoms with Gasteiger partial charge in [0.05, 0.1) is 12.2 Å². The lowest BCUT2D eigenvalue weighted by molar-refractivity contribution is 0.0639. The maximum atomic E-state index is 12.8. The van der Waals surface area contributed by atoms with E-state index in [1.54, 1.807) is 0 Å². The van der Waals surface area contributed by atoms with Gasteiger partial charge in [0, 0.05) is 18.0 Å². The van der Waals surface area contributed by atoms with Crippen molar-refractivity contribution in [2.24, 2.45) is 0 Å². The Labute approximate surface area is 118 Å². The first-order valence-corrected chi connectivity index (χ1v) is 7.19. The average molecular weight is 273 g/mol. The number of fused-ring (bicyclic) bond motifs is 1. The van der Waals surface area contributed by atoms with E-state index in [1.165, 1.54) is 6.26 Å². The van der Waals surface area contributed by atoms with Gasteiger partial charge in [-0.2, -0.15) is 0 Å². The number of benzene rings is 1. The predicted molar refractivity (Wildman–Crippen MR) is 76.6 cm³/mol. The number of rotatable bonds is 4. The normalized spacial score (nSPS) is 15.8. The maximum Gasteiger partial charge on any atom is 0.258 e. The summed E-state index contributed by atoms with van der Waals surface area (Å²) in [7, 11) is 0. The van der Waals surface area contributed by atoms with Crippen LogP contribution in [0, 0.1) is 0 Å². The summed E-state index contributed by atoms with van der Waals surface area (Å²) in [5, 5.41) is 10.1. The highest BCUT2D eigenvalue weighted by molar-refractivity contribution is 6.06. The van der Waals surface area contributed by atoms with Gasteiger partial charge < -0.3 is 14.4 Å². The Morgan fingerprint density at radius 3 is 2.80 bits per heavy atom. The van der Waals surface area contributed by atoms with Crippen LogP contribution in [-0.4, -0.2) is 35.1 Å². The van der Waals surface area contributed by atoms with Crippen LogP contribution in [0.5, 0.6) is 0 Å². The van der Waals surface area contributed by atoms with Crippen LogP contribution in [0.1, 0.15) is 36.0 Å². The number of carbonyl (C=O) groups excluding carboxylic acids is 1.